The molecule has 17 heavy (non-hydrogen) atoms. The lowest BCUT2D eigenvalue weighted by Crippen LogP contribution is -2.40. The van der Waals surface area contributed by atoms with E-state index in [9.17, 15) is 10.2 Å². The largest absolute Gasteiger partial charge is 0.399 e. The molecule has 4 heteroatoms. The van der Waals surface area contributed by atoms with Crippen LogP contribution in [0.5, 0.6) is 0 Å². The van der Waals surface area contributed by atoms with Gasteiger partial charge in [0.15, 0.2) is 0 Å². The Labute approximate surface area is 103 Å². The van der Waals surface area contributed by atoms with E-state index in [0.717, 1.165) is 24.1 Å². The molecule has 1 aromatic rings. The van der Waals surface area contributed by atoms with Crippen LogP contribution >= 0.6 is 0 Å². The van der Waals surface area contributed by atoms with Gasteiger partial charge in [0.05, 0.1) is 0 Å². The number of nitrogen functional groups attached to an aromatic ring is 1. The summed E-state index contributed by atoms with van der Waals surface area (Å²) in [6, 6.07) is 5.53. The van der Waals surface area contributed by atoms with Gasteiger partial charge >= 0.3 is 0 Å². The van der Waals surface area contributed by atoms with Crippen LogP contribution in [0.3, 0.4) is 0 Å². The van der Waals surface area contributed by atoms with Crippen LogP contribution in [-0.2, 0) is 6.42 Å². The molecule has 0 radical (unpaired) electrons. The van der Waals surface area contributed by atoms with E-state index in [-0.39, 0.29) is 0 Å². The zero-order valence-electron chi connectivity index (χ0n) is 10.7. The smallest absolute Gasteiger partial charge is 0.126 e. The first kappa shape index (κ1) is 13.8. The van der Waals surface area contributed by atoms with Crippen molar-refractivity contribution in [3.05, 3.63) is 23.8 Å². The fourth-order valence-corrected chi connectivity index (χ4v) is 2.04. The lowest BCUT2D eigenvalue weighted by Gasteiger charge is -2.32. The second-order valence-corrected chi connectivity index (χ2v) is 4.31. The number of benzene rings is 1. The maximum Gasteiger partial charge on any atom is 0.126 e. The molecular formula is C13H22N2O2. The molecule has 0 heterocycles. The Morgan fingerprint density at radius 3 is 2.29 bits per heavy atom. The van der Waals surface area contributed by atoms with Crippen molar-refractivity contribution in [3.63, 3.8) is 0 Å². The second kappa shape index (κ2) is 5.89. The molecular weight excluding hydrogens is 216 g/mol. The maximum absolute atomic E-state index is 9.73. The summed E-state index contributed by atoms with van der Waals surface area (Å²) in [6.07, 6.45) is 0.378. The lowest BCUT2D eigenvalue weighted by atomic mass is 10.1. The quantitative estimate of drug-likeness (QED) is 0.539. The van der Waals surface area contributed by atoms with E-state index >= 15 is 0 Å². The number of hydrogen-bond donors (Lipinski definition) is 3. The molecule has 2 unspecified atom stereocenters. The second-order valence-electron chi connectivity index (χ2n) is 4.31. The van der Waals surface area contributed by atoms with E-state index in [0.29, 0.717) is 5.69 Å². The van der Waals surface area contributed by atoms with Crippen LogP contribution in [0.1, 0.15) is 32.8 Å². The molecule has 2 atom stereocenters. The minimum Gasteiger partial charge on any atom is -0.399 e. The van der Waals surface area contributed by atoms with Gasteiger partial charge in [-0.2, -0.15) is 0 Å². The van der Waals surface area contributed by atoms with Gasteiger partial charge in [-0.3, -0.25) is 0 Å². The first-order valence-electron chi connectivity index (χ1n) is 6.00. The number of aryl methyl sites for hydroxylation is 1. The van der Waals surface area contributed by atoms with Crippen molar-refractivity contribution in [3.8, 4) is 0 Å². The monoisotopic (exact) mass is 238 g/mol. The highest BCUT2D eigenvalue weighted by atomic mass is 16.3. The number of aliphatic hydroxyl groups excluding tert-OH is 2. The summed E-state index contributed by atoms with van der Waals surface area (Å²) in [7, 11) is 0. The van der Waals surface area contributed by atoms with E-state index in [4.69, 9.17) is 5.73 Å². The Morgan fingerprint density at radius 2 is 1.82 bits per heavy atom. The topological polar surface area (TPSA) is 69.7 Å². The highest BCUT2D eigenvalue weighted by molar-refractivity contribution is 5.60. The van der Waals surface area contributed by atoms with Gasteiger partial charge in [0.25, 0.3) is 0 Å². The molecule has 0 aromatic heterocycles. The average Bonchev–Trinajstić information content (AvgIpc) is 2.21. The van der Waals surface area contributed by atoms with Gasteiger partial charge in [-0.05, 0) is 44.0 Å². The van der Waals surface area contributed by atoms with Crippen LogP contribution in [0.4, 0.5) is 11.4 Å². The van der Waals surface area contributed by atoms with Crippen LogP contribution in [-0.4, -0.2) is 22.7 Å². The van der Waals surface area contributed by atoms with Gasteiger partial charge in [0, 0.05) is 11.4 Å². The summed E-state index contributed by atoms with van der Waals surface area (Å²) in [4.78, 5) is 1.57. The Kier molecular flexibility index (Phi) is 4.78. The Morgan fingerprint density at radius 1 is 1.24 bits per heavy atom. The van der Waals surface area contributed by atoms with E-state index in [1.807, 2.05) is 12.1 Å². The third-order valence-corrected chi connectivity index (χ3v) is 2.71. The van der Waals surface area contributed by atoms with Gasteiger partial charge in [-0.25, -0.2) is 0 Å². The molecule has 0 spiro atoms. The Hall–Kier alpha value is -1.26. The molecule has 4 nitrogen and oxygen atoms in total. The summed E-state index contributed by atoms with van der Waals surface area (Å²) >= 11 is 0. The first-order chi connectivity index (χ1) is 7.97. The van der Waals surface area contributed by atoms with Gasteiger partial charge in [-0.15, -0.1) is 0 Å². The predicted molar refractivity (Wildman–Crippen MR) is 70.7 cm³/mol. The highest BCUT2D eigenvalue weighted by Crippen LogP contribution is 2.27. The normalized spacial score (nSPS) is 14.4. The third-order valence-electron chi connectivity index (χ3n) is 2.71. The molecule has 4 N–H and O–H groups in total. The number of hydrogen-bond acceptors (Lipinski definition) is 4. The number of nitrogens with zero attached hydrogens (tertiary/aromatic N) is 1. The third kappa shape index (κ3) is 3.35. The van der Waals surface area contributed by atoms with E-state index in [2.05, 4.69) is 6.92 Å². The standard InChI is InChI=1S/C13H22N2O2/c1-4-5-11-8-12(14)6-7-13(11)15(9(2)16)10(3)17/h6-10,16-17H,4-5,14H2,1-3H3. The van der Waals surface area contributed by atoms with Gasteiger partial charge < -0.3 is 20.8 Å². The molecule has 0 saturated carbocycles. The molecule has 96 valence electrons. The summed E-state index contributed by atoms with van der Waals surface area (Å²) in [5.41, 5.74) is 8.36. The highest BCUT2D eigenvalue weighted by Gasteiger charge is 2.19. The molecule has 0 bridgehead atoms. The number of rotatable bonds is 5. The Balaban J connectivity index is 3.17. The van der Waals surface area contributed by atoms with Gasteiger partial charge in [-0.1, -0.05) is 13.3 Å². The van der Waals surface area contributed by atoms with Crippen molar-refractivity contribution in [1.82, 2.24) is 0 Å². The van der Waals surface area contributed by atoms with Crippen LogP contribution < -0.4 is 10.6 Å². The van der Waals surface area contributed by atoms with Gasteiger partial charge in [0.2, 0.25) is 0 Å². The number of anilines is 2. The maximum atomic E-state index is 9.73. The average molecular weight is 238 g/mol. The summed E-state index contributed by atoms with van der Waals surface area (Å²) < 4.78 is 0. The molecule has 1 aromatic carbocycles. The predicted octanol–water partition coefficient (Wildman–Crippen LogP) is 1.70. The number of aliphatic hydroxyl groups is 2. The molecule has 0 aliphatic carbocycles. The summed E-state index contributed by atoms with van der Waals surface area (Å²) in [6.45, 7) is 5.36. The zero-order chi connectivity index (χ0) is 13.0. The Bertz CT molecular complexity index is 356. The minimum atomic E-state index is -0.741. The SMILES string of the molecule is CCCc1cc(N)ccc1N(C(C)O)C(C)O. The first-order valence-corrected chi connectivity index (χ1v) is 6.00. The molecule has 0 aliphatic rings. The van der Waals surface area contributed by atoms with E-state index in [1.165, 1.54) is 0 Å². The lowest BCUT2D eigenvalue weighted by molar-refractivity contribution is 0.105. The van der Waals surface area contributed by atoms with Crippen molar-refractivity contribution in [2.24, 2.45) is 0 Å². The summed E-state index contributed by atoms with van der Waals surface area (Å²) in [5, 5.41) is 19.5. The van der Waals surface area contributed by atoms with Crippen LogP contribution in [0.25, 0.3) is 0 Å². The fraction of sp³-hybridized carbons (Fsp3) is 0.538. The van der Waals surface area contributed by atoms with Crippen molar-refractivity contribution in [2.75, 3.05) is 10.6 Å². The molecule has 0 aliphatic heterocycles. The molecule has 1 rings (SSSR count). The molecule has 0 saturated heterocycles. The van der Waals surface area contributed by atoms with Crippen LogP contribution in [0, 0.1) is 0 Å². The molecule has 0 fully saturated rings. The van der Waals surface area contributed by atoms with Crippen molar-refractivity contribution in [2.45, 2.75) is 46.1 Å². The number of nitrogens with two attached hydrogens (primary N) is 1. The zero-order valence-corrected chi connectivity index (χ0v) is 10.7. The molecule has 0 amide bonds. The fourth-order valence-electron chi connectivity index (χ4n) is 2.04. The van der Waals surface area contributed by atoms with Crippen molar-refractivity contribution in [1.29, 1.82) is 0 Å². The van der Waals surface area contributed by atoms with Crippen LogP contribution in [0.2, 0.25) is 0 Å². The van der Waals surface area contributed by atoms with Gasteiger partial charge in [0.1, 0.15) is 12.5 Å². The minimum absolute atomic E-state index is 0.702. The van der Waals surface area contributed by atoms with Crippen molar-refractivity contribution >= 4 is 11.4 Å². The van der Waals surface area contributed by atoms with Crippen molar-refractivity contribution < 1.29 is 10.2 Å². The van der Waals surface area contributed by atoms with Crippen LogP contribution in [0.15, 0.2) is 18.2 Å². The summed E-state index contributed by atoms with van der Waals surface area (Å²) in [5.74, 6) is 0. The van der Waals surface area contributed by atoms with E-state index in [1.54, 1.807) is 24.8 Å². The van der Waals surface area contributed by atoms with E-state index < -0.39 is 12.5 Å².